The minimum atomic E-state index is 0.857. The van der Waals surface area contributed by atoms with Crippen molar-refractivity contribution in [2.75, 3.05) is 20.1 Å². The second-order valence-corrected chi connectivity index (χ2v) is 6.21. The second-order valence-electron chi connectivity index (χ2n) is 6.21. The molecule has 19 heavy (non-hydrogen) atoms. The maximum Gasteiger partial charge on any atom is 0.0486 e. The standard InChI is InChI=1S/C17H24N2/c1-12-10-13(2)17-15(4-7-18-17)16(12)11-14-5-8-19(3)9-6-14/h4,7,10,14,18H,5-6,8-9,11H2,1-3H3. The zero-order valence-corrected chi connectivity index (χ0v) is 12.3. The molecule has 0 atom stereocenters. The van der Waals surface area contributed by atoms with Gasteiger partial charge in [0, 0.05) is 17.1 Å². The molecule has 1 fully saturated rings. The van der Waals surface area contributed by atoms with Crippen LogP contribution >= 0.6 is 0 Å². The molecule has 2 heterocycles. The maximum atomic E-state index is 3.39. The molecule has 1 N–H and O–H groups in total. The van der Waals surface area contributed by atoms with E-state index in [4.69, 9.17) is 0 Å². The van der Waals surface area contributed by atoms with Gasteiger partial charge in [0.05, 0.1) is 0 Å². The molecule has 0 amide bonds. The molecular weight excluding hydrogens is 232 g/mol. The van der Waals surface area contributed by atoms with E-state index in [1.54, 1.807) is 5.56 Å². The Balaban J connectivity index is 1.90. The number of aromatic amines is 1. The summed E-state index contributed by atoms with van der Waals surface area (Å²) < 4.78 is 0. The van der Waals surface area contributed by atoms with E-state index in [1.165, 1.54) is 54.4 Å². The Labute approximate surface area is 115 Å². The largest absolute Gasteiger partial charge is 0.361 e. The highest BCUT2D eigenvalue weighted by Crippen LogP contribution is 2.29. The number of H-pyrrole nitrogens is 1. The van der Waals surface area contributed by atoms with E-state index < -0.39 is 0 Å². The highest BCUT2D eigenvalue weighted by Gasteiger charge is 2.19. The van der Waals surface area contributed by atoms with Crippen LogP contribution in [0.3, 0.4) is 0 Å². The summed E-state index contributed by atoms with van der Waals surface area (Å²) in [6.07, 6.45) is 6.01. The van der Waals surface area contributed by atoms with Crippen molar-refractivity contribution < 1.29 is 0 Å². The number of aromatic nitrogens is 1. The van der Waals surface area contributed by atoms with Gasteiger partial charge in [-0.1, -0.05) is 6.07 Å². The lowest BCUT2D eigenvalue weighted by atomic mass is 9.87. The van der Waals surface area contributed by atoms with Gasteiger partial charge in [0.15, 0.2) is 0 Å². The summed E-state index contributed by atoms with van der Waals surface area (Å²) in [5, 5.41) is 1.44. The van der Waals surface area contributed by atoms with Gasteiger partial charge in [-0.3, -0.25) is 0 Å². The monoisotopic (exact) mass is 256 g/mol. The fourth-order valence-corrected chi connectivity index (χ4v) is 3.47. The number of hydrogen-bond donors (Lipinski definition) is 1. The van der Waals surface area contributed by atoms with E-state index in [0.717, 1.165) is 5.92 Å². The molecule has 1 aromatic heterocycles. The number of piperidine rings is 1. The van der Waals surface area contributed by atoms with Crippen LogP contribution in [0.5, 0.6) is 0 Å². The lowest BCUT2D eigenvalue weighted by molar-refractivity contribution is 0.219. The van der Waals surface area contributed by atoms with E-state index in [9.17, 15) is 0 Å². The van der Waals surface area contributed by atoms with Crippen LogP contribution in [0.2, 0.25) is 0 Å². The molecule has 2 aromatic rings. The minimum absolute atomic E-state index is 0.857. The molecule has 2 nitrogen and oxygen atoms in total. The van der Waals surface area contributed by atoms with Crippen molar-refractivity contribution in [2.24, 2.45) is 5.92 Å². The molecule has 0 radical (unpaired) electrons. The summed E-state index contributed by atoms with van der Waals surface area (Å²) in [6, 6.07) is 4.59. The number of benzene rings is 1. The van der Waals surface area contributed by atoms with Crippen LogP contribution in [0, 0.1) is 19.8 Å². The lowest BCUT2D eigenvalue weighted by Crippen LogP contribution is -2.31. The van der Waals surface area contributed by atoms with Crippen molar-refractivity contribution >= 4 is 10.9 Å². The second kappa shape index (κ2) is 5.01. The van der Waals surface area contributed by atoms with Gasteiger partial charge in [-0.25, -0.2) is 0 Å². The number of nitrogens with one attached hydrogen (secondary N) is 1. The SMILES string of the molecule is Cc1cc(C)c2[nH]ccc2c1CC1CCN(C)CC1. The van der Waals surface area contributed by atoms with E-state index >= 15 is 0 Å². The smallest absolute Gasteiger partial charge is 0.0486 e. The number of fused-ring (bicyclic) bond motifs is 1. The van der Waals surface area contributed by atoms with Crippen LogP contribution in [0.1, 0.15) is 29.5 Å². The Morgan fingerprint density at radius 2 is 1.95 bits per heavy atom. The first kappa shape index (κ1) is 12.7. The Morgan fingerprint density at radius 3 is 2.68 bits per heavy atom. The first-order chi connectivity index (χ1) is 9.15. The maximum absolute atomic E-state index is 3.39. The molecule has 1 aromatic carbocycles. The van der Waals surface area contributed by atoms with Crippen molar-refractivity contribution in [1.82, 2.24) is 9.88 Å². The molecule has 0 aliphatic carbocycles. The van der Waals surface area contributed by atoms with E-state index in [1.807, 2.05) is 0 Å². The third-order valence-electron chi connectivity index (χ3n) is 4.71. The first-order valence-corrected chi connectivity index (χ1v) is 7.40. The first-order valence-electron chi connectivity index (χ1n) is 7.40. The van der Waals surface area contributed by atoms with Crippen molar-refractivity contribution in [3.05, 3.63) is 35.0 Å². The molecule has 1 aliphatic rings. The quantitative estimate of drug-likeness (QED) is 0.868. The number of aryl methyl sites for hydroxylation is 2. The van der Waals surface area contributed by atoms with Crippen molar-refractivity contribution in [2.45, 2.75) is 33.1 Å². The lowest BCUT2D eigenvalue weighted by Gasteiger charge is -2.29. The topological polar surface area (TPSA) is 19.0 Å². The fourth-order valence-electron chi connectivity index (χ4n) is 3.47. The molecule has 1 saturated heterocycles. The predicted octanol–water partition coefficient (Wildman–Crippen LogP) is 3.67. The van der Waals surface area contributed by atoms with Gasteiger partial charge in [0.25, 0.3) is 0 Å². The third-order valence-corrected chi connectivity index (χ3v) is 4.71. The number of likely N-dealkylation sites (tertiary alicyclic amines) is 1. The normalized spacial score (nSPS) is 18.3. The van der Waals surface area contributed by atoms with Crippen molar-refractivity contribution in [3.63, 3.8) is 0 Å². The van der Waals surface area contributed by atoms with Crippen molar-refractivity contribution in [1.29, 1.82) is 0 Å². The molecule has 2 heteroatoms. The Hall–Kier alpha value is -1.28. The van der Waals surface area contributed by atoms with Gasteiger partial charge in [-0.2, -0.15) is 0 Å². The zero-order chi connectivity index (χ0) is 13.4. The van der Waals surface area contributed by atoms with Gasteiger partial charge in [0.1, 0.15) is 0 Å². The van der Waals surface area contributed by atoms with E-state index in [2.05, 4.69) is 49.1 Å². The molecular formula is C17H24N2. The molecule has 3 rings (SSSR count). The molecule has 102 valence electrons. The zero-order valence-electron chi connectivity index (χ0n) is 12.3. The van der Waals surface area contributed by atoms with Crippen molar-refractivity contribution in [3.8, 4) is 0 Å². The minimum Gasteiger partial charge on any atom is -0.361 e. The summed E-state index contributed by atoms with van der Waals surface area (Å²) in [4.78, 5) is 5.84. The Kier molecular flexibility index (Phi) is 3.36. The summed E-state index contributed by atoms with van der Waals surface area (Å²) >= 11 is 0. The molecule has 0 unspecified atom stereocenters. The molecule has 1 aliphatic heterocycles. The van der Waals surface area contributed by atoms with Gasteiger partial charge < -0.3 is 9.88 Å². The van der Waals surface area contributed by atoms with E-state index in [-0.39, 0.29) is 0 Å². The number of hydrogen-bond acceptors (Lipinski definition) is 1. The summed E-state index contributed by atoms with van der Waals surface area (Å²) in [5.41, 5.74) is 5.72. The molecule has 0 spiro atoms. The predicted molar refractivity (Wildman–Crippen MR) is 81.7 cm³/mol. The van der Waals surface area contributed by atoms with Gasteiger partial charge >= 0.3 is 0 Å². The van der Waals surface area contributed by atoms with Crippen LogP contribution in [0.15, 0.2) is 18.3 Å². The average molecular weight is 256 g/mol. The third kappa shape index (κ3) is 2.42. The Morgan fingerprint density at radius 1 is 1.21 bits per heavy atom. The van der Waals surface area contributed by atoms with E-state index in [0.29, 0.717) is 0 Å². The number of nitrogens with zero attached hydrogens (tertiary/aromatic N) is 1. The van der Waals surface area contributed by atoms with Crippen LogP contribution in [-0.2, 0) is 6.42 Å². The molecule has 0 bridgehead atoms. The fraction of sp³-hybridized carbons (Fsp3) is 0.529. The summed E-state index contributed by atoms with van der Waals surface area (Å²) in [6.45, 7) is 6.98. The molecule has 0 saturated carbocycles. The van der Waals surface area contributed by atoms with Gasteiger partial charge in [0.2, 0.25) is 0 Å². The summed E-state index contributed by atoms with van der Waals surface area (Å²) in [7, 11) is 2.23. The highest BCUT2D eigenvalue weighted by atomic mass is 15.1. The van der Waals surface area contributed by atoms with Crippen LogP contribution < -0.4 is 0 Å². The van der Waals surface area contributed by atoms with Crippen LogP contribution in [0.4, 0.5) is 0 Å². The summed E-state index contributed by atoms with van der Waals surface area (Å²) in [5.74, 6) is 0.857. The van der Waals surface area contributed by atoms with Gasteiger partial charge in [-0.05, 0) is 81.9 Å². The van der Waals surface area contributed by atoms with Gasteiger partial charge in [-0.15, -0.1) is 0 Å². The average Bonchev–Trinajstić information content (AvgIpc) is 2.86. The van der Waals surface area contributed by atoms with Crippen LogP contribution in [-0.4, -0.2) is 30.0 Å². The number of rotatable bonds is 2. The van der Waals surface area contributed by atoms with Crippen LogP contribution in [0.25, 0.3) is 10.9 Å². The Bertz CT molecular complexity index is 574. The highest BCUT2D eigenvalue weighted by molar-refractivity contribution is 5.87.